The largest absolute Gasteiger partial charge is 0.497 e. The summed E-state index contributed by atoms with van der Waals surface area (Å²) >= 11 is 2.86. The Morgan fingerprint density at radius 1 is 1.25 bits per heavy atom. The Balaban J connectivity index is 1.43. The maximum absolute atomic E-state index is 12.4. The van der Waals surface area contributed by atoms with E-state index in [9.17, 15) is 4.79 Å². The molecular weight excluding hydrogens is 396 g/mol. The Kier molecular flexibility index (Phi) is 5.13. The molecule has 1 amide bonds. The molecule has 3 heterocycles. The Labute approximate surface area is 168 Å². The van der Waals surface area contributed by atoms with E-state index >= 15 is 0 Å². The van der Waals surface area contributed by atoms with Gasteiger partial charge in [-0.3, -0.25) is 9.89 Å². The number of aromatic nitrogens is 5. The first-order chi connectivity index (χ1) is 13.6. The number of thiazole rings is 2. The Morgan fingerprint density at radius 3 is 2.79 bits per heavy atom. The molecular formula is C18H16N6O2S2. The van der Waals surface area contributed by atoms with Crippen LogP contribution in [0.5, 0.6) is 5.75 Å². The van der Waals surface area contributed by atoms with Gasteiger partial charge in [0.15, 0.2) is 16.0 Å². The van der Waals surface area contributed by atoms with Crippen LogP contribution >= 0.6 is 22.7 Å². The van der Waals surface area contributed by atoms with Crippen molar-refractivity contribution in [3.8, 4) is 27.8 Å². The van der Waals surface area contributed by atoms with Gasteiger partial charge in [-0.05, 0) is 31.2 Å². The van der Waals surface area contributed by atoms with Gasteiger partial charge in [-0.1, -0.05) is 0 Å². The fourth-order valence-electron chi connectivity index (χ4n) is 2.60. The van der Waals surface area contributed by atoms with Crippen LogP contribution in [0, 0.1) is 6.92 Å². The minimum absolute atomic E-state index is 0.163. The molecule has 4 rings (SSSR count). The monoisotopic (exact) mass is 412 g/mol. The number of nitrogens with one attached hydrogen (secondary N) is 2. The van der Waals surface area contributed by atoms with E-state index in [0.29, 0.717) is 21.7 Å². The van der Waals surface area contributed by atoms with Crippen LogP contribution in [0.15, 0.2) is 36.0 Å². The molecule has 0 fully saturated rings. The van der Waals surface area contributed by atoms with Gasteiger partial charge in [0, 0.05) is 15.8 Å². The highest BCUT2D eigenvalue weighted by atomic mass is 32.1. The molecule has 1 aromatic carbocycles. The summed E-state index contributed by atoms with van der Waals surface area (Å²) in [6, 6.07) is 7.68. The highest BCUT2D eigenvalue weighted by Gasteiger charge is 2.14. The lowest BCUT2D eigenvalue weighted by atomic mass is 10.1. The van der Waals surface area contributed by atoms with Crippen LogP contribution in [-0.2, 0) is 11.2 Å². The zero-order valence-corrected chi connectivity index (χ0v) is 16.7. The molecule has 0 aliphatic carbocycles. The molecule has 2 N–H and O–H groups in total. The first-order valence-corrected chi connectivity index (χ1v) is 10.0. The maximum atomic E-state index is 12.4. The topological polar surface area (TPSA) is 106 Å². The van der Waals surface area contributed by atoms with Gasteiger partial charge in [-0.15, -0.1) is 22.7 Å². The second-order valence-electron chi connectivity index (χ2n) is 5.86. The first kappa shape index (κ1) is 18.3. The van der Waals surface area contributed by atoms with Crippen LogP contribution in [0.3, 0.4) is 0 Å². The smallest absolute Gasteiger partial charge is 0.232 e. The summed E-state index contributed by atoms with van der Waals surface area (Å²) in [5, 5.41) is 12.5. The van der Waals surface area contributed by atoms with Crippen molar-refractivity contribution in [2.75, 3.05) is 12.4 Å². The van der Waals surface area contributed by atoms with Crippen molar-refractivity contribution in [2.24, 2.45) is 0 Å². The molecule has 142 valence electrons. The molecule has 3 aromatic heterocycles. The maximum Gasteiger partial charge on any atom is 0.232 e. The van der Waals surface area contributed by atoms with Gasteiger partial charge < -0.3 is 10.1 Å². The highest BCUT2D eigenvalue weighted by Crippen LogP contribution is 2.31. The normalized spacial score (nSPS) is 10.8. The van der Waals surface area contributed by atoms with E-state index in [1.165, 1.54) is 29.0 Å². The minimum Gasteiger partial charge on any atom is -0.497 e. The van der Waals surface area contributed by atoms with Crippen molar-refractivity contribution < 1.29 is 9.53 Å². The van der Waals surface area contributed by atoms with Crippen molar-refractivity contribution in [3.05, 3.63) is 46.5 Å². The van der Waals surface area contributed by atoms with Crippen LogP contribution in [0.4, 0.5) is 5.13 Å². The van der Waals surface area contributed by atoms with E-state index in [2.05, 4.69) is 30.5 Å². The summed E-state index contributed by atoms with van der Waals surface area (Å²) < 4.78 is 5.19. The summed E-state index contributed by atoms with van der Waals surface area (Å²) in [5.41, 5.74) is 2.51. The van der Waals surface area contributed by atoms with Gasteiger partial charge >= 0.3 is 0 Å². The van der Waals surface area contributed by atoms with Crippen LogP contribution in [-0.4, -0.2) is 38.2 Å². The van der Waals surface area contributed by atoms with Gasteiger partial charge in [0.1, 0.15) is 12.1 Å². The number of rotatable bonds is 6. The molecule has 10 heteroatoms. The van der Waals surface area contributed by atoms with E-state index < -0.39 is 0 Å². The van der Waals surface area contributed by atoms with E-state index in [4.69, 9.17) is 4.74 Å². The number of hydrogen-bond donors (Lipinski definition) is 2. The van der Waals surface area contributed by atoms with E-state index in [1.54, 1.807) is 7.11 Å². The van der Waals surface area contributed by atoms with Crippen LogP contribution < -0.4 is 10.1 Å². The number of aryl methyl sites for hydroxylation is 1. The third-order valence-electron chi connectivity index (χ3n) is 3.92. The first-order valence-electron chi connectivity index (χ1n) is 8.34. The number of benzene rings is 1. The fraction of sp³-hybridized carbons (Fsp3) is 0.167. The number of carbonyl (C=O) groups is 1. The average Bonchev–Trinajstić information content (AvgIpc) is 3.43. The number of carbonyl (C=O) groups excluding carboxylic acids is 1. The van der Waals surface area contributed by atoms with Crippen LogP contribution in [0.25, 0.3) is 22.1 Å². The molecule has 0 saturated carbocycles. The Hall–Kier alpha value is -3.11. The lowest BCUT2D eigenvalue weighted by Gasteiger charge is -2.02. The van der Waals surface area contributed by atoms with Gasteiger partial charge in [0.2, 0.25) is 5.91 Å². The zero-order valence-electron chi connectivity index (χ0n) is 15.1. The number of amides is 1. The molecule has 8 nitrogen and oxygen atoms in total. The summed E-state index contributed by atoms with van der Waals surface area (Å²) in [7, 11) is 1.63. The number of aromatic amines is 1. The lowest BCUT2D eigenvalue weighted by molar-refractivity contribution is -0.115. The molecule has 0 bridgehead atoms. The number of ether oxygens (including phenoxy) is 1. The van der Waals surface area contributed by atoms with Crippen molar-refractivity contribution in [1.29, 1.82) is 0 Å². The number of nitrogens with zero attached hydrogens (tertiary/aromatic N) is 4. The molecule has 0 radical (unpaired) electrons. The third-order valence-corrected chi connectivity index (χ3v) is 5.70. The van der Waals surface area contributed by atoms with Crippen molar-refractivity contribution >= 4 is 33.7 Å². The molecule has 0 unspecified atom stereocenters. The zero-order chi connectivity index (χ0) is 19.5. The van der Waals surface area contributed by atoms with Crippen molar-refractivity contribution in [2.45, 2.75) is 13.3 Å². The highest BCUT2D eigenvalue weighted by molar-refractivity contribution is 7.16. The molecule has 4 aromatic rings. The van der Waals surface area contributed by atoms with Gasteiger partial charge in [-0.25, -0.2) is 15.0 Å². The second-order valence-corrected chi connectivity index (χ2v) is 7.92. The number of hydrogen-bond acceptors (Lipinski definition) is 8. The summed E-state index contributed by atoms with van der Waals surface area (Å²) in [6.07, 6.45) is 1.59. The van der Waals surface area contributed by atoms with Crippen LogP contribution in [0.2, 0.25) is 0 Å². The number of H-pyrrole nitrogens is 1. The Bertz CT molecular complexity index is 1090. The molecule has 28 heavy (non-hydrogen) atoms. The van der Waals surface area contributed by atoms with E-state index in [0.717, 1.165) is 21.9 Å². The number of anilines is 1. The van der Waals surface area contributed by atoms with E-state index in [-0.39, 0.29) is 12.3 Å². The fourth-order valence-corrected chi connectivity index (χ4v) is 4.22. The Morgan fingerprint density at radius 2 is 2.07 bits per heavy atom. The summed E-state index contributed by atoms with van der Waals surface area (Å²) in [5.74, 6) is 1.22. The van der Waals surface area contributed by atoms with Gasteiger partial charge in [-0.2, -0.15) is 5.10 Å². The van der Waals surface area contributed by atoms with Crippen LogP contribution in [0.1, 0.15) is 10.6 Å². The predicted octanol–water partition coefficient (Wildman–Crippen LogP) is 3.55. The molecule has 0 aliphatic rings. The SMILES string of the molecule is COc1ccc(-c2nc(NC(=O)Cc3csc(-c4ncn[nH]4)n3)sc2C)cc1. The van der Waals surface area contributed by atoms with E-state index in [1.807, 2.05) is 36.6 Å². The summed E-state index contributed by atoms with van der Waals surface area (Å²) in [6.45, 7) is 1.98. The summed E-state index contributed by atoms with van der Waals surface area (Å²) in [4.78, 5) is 26.5. The molecule has 0 aliphatic heterocycles. The average molecular weight is 413 g/mol. The quantitative estimate of drug-likeness (QED) is 0.502. The molecule has 0 atom stereocenters. The molecule has 0 saturated heterocycles. The van der Waals surface area contributed by atoms with Gasteiger partial charge in [0.05, 0.1) is 24.9 Å². The minimum atomic E-state index is -0.163. The molecule has 0 spiro atoms. The number of methoxy groups -OCH3 is 1. The van der Waals surface area contributed by atoms with Crippen molar-refractivity contribution in [1.82, 2.24) is 25.1 Å². The van der Waals surface area contributed by atoms with Gasteiger partial charge in [0.25, 0.3) is 0 Å². The lowest BCUT2D eigenvalue weighted by Crippen LogP contribution is -2.14. The third kappa shape index (κ3) is 3.92. The second kappa shape index (κ2) is 7.87. The van der Waals surface area contributed by atoms with Crippen molar-refractivity contribution in [3.63, 3.8) is 0 Å². The predicted molar refractivity (Wildman–Crippen MR) is 109 cm³/mol. The standard InChI is InChI=1S/C18H16N6O2S2/c1-10-15(11-3-5-13(26-2)6-4-11)23-18(28-10)22-14(25)7-12-8-27-17(21-12)16-19-9-20-24-16/h3-6,8-9H,7H2,1-2H3,(H,19,20,24)(H,22,23,25).